The third kappa shape index (κ3) is 5.50. The molecule has 0 radical (unpaired) electrons. The molecule has 17 heavy (non-hydrogen) atoms. The summed E-state index contributed by atoms with van der Waals surface area (Å²) in [5, 5.41) is 11.9. The first-order valence-electron chi connectivity index (χ1n) is 6.75. The predicted molar refractivity (Wildman–Crippen MR) is 68.8 cm³/mol. The topological polar surface area (TPSA) is 52.6 Å². The van der Waals surface area contributed by atoms with Crippen molar-refractivity contribution in [1.29, 1.82) is 0 Å². The van der Waals surface area contributed by atoms with Crippen molar-refractivity contribution in [2.24, 2.45) is 5.92 Å². The second kappa shape index (κ2) is 7.67. The van der Waals surface area contributed by atoms with E-state index in [9.17, 15) is 4.79 Å². The number of aliphatic hydroxyl groups is 1. The van der Waals surface area contributed by atoms with Crippen LogP contribution in [0.3, 0.4) is 0 Å². The molecule has 0 aromatic heterocycles. The molecule has 1 aliphatic rings. The van der Waals surface area contributed by atoms with E-state index >= 15 is 0 Å². The van der Waals surface area contributed by atoms with Crippen molar-refractivity contribution in [3.05, 3.63) is 0 Å². The van der Waals surface area contributed by atoms with Gasteiger partial charge >= 0.3 is 0 Å². The number of nitrogens with one attached hydrogen (secondary N) is 1. The normalized spacial score (nSPS) is 16.3. The van der Waals surface area contributed by atoms with Crippen molar-refractivity contribution in [2.45, 2.75) is 45.6 Å². The summed E-state index contributed by atoms with van der Waals surface area (Å²) in [5.41, 5.74) is 0. The third-order valence-corrected chi connectivity index (χ3v) is 3.37. The van der Waals surface area contributed by atoms with Crippen molar-refractivity contribution in [3.8, 4) is 0 Å². The molecule has 0 aromatic carbocycles. The van der Waals surface area contributed by atoms with Crippen molar-refractivity contribution < 1.29 is 9.90 Å². The van der Waals surface area contributed by atoms with E-state index in [-0.39, 0.29) is 12.5 Å². The summed E-state index contributed by atoms with van der Waals surface area (Å²) in [6.45, 7) is 6.24. The van der Waals surface area contributed by atoms with Crippen LogP contribution in [0.5, 0.6) is 0 Å². The van der Waals surface area contributed by atoms with E-state index in [1.807, 2.05) is 0 Å². The van der Waals surface area contributed by atoms with Crippen LogP contribution in [0.15, 0.2) is 0 Å². The summed E-state index contributed by atoms with van der Waals surface area (Å²) in [5.74, 6) is 0.710. The monoisotopic (exact) mass is 242 g/mol. The van der Waals surface area contributed by atoms with E-state index in [0.29, 0.717) is 25.0 Å². The van der Waals surface area contributed by atoms with E-state index in [1.54, 1.807) is 0 Å². The average Bonchev–Trinajstić information content (AvgIpc) is 2.14. The maximum absolute atomic E-state index is 11.7. The fourth-order valence-corrected chi connectivity index (χ4v) is 2.01. The maximum Gasteiger partial charge on any atom is 0.234 e. The molecule has 0 spiro atoms. The highest BCUT2D eigenvalue weighted by Gasteiger charge is 2.25. The highest BCUT2D eigenvalue weighted by molar-refractivity contribution is 5.78. The van der Waals surface area contributed by atoms with Crippen LogP contribution in [0, 0.1) is 5.92 Å². The highest BCUT2D eigenvalue weighted by Crippen LogP contribution is 2.24. The first-order chi connectivity index (χ1) is 8.13. The van der Waals surface area contributed by atoms with E-state index in [2.05, 4.69) is 24.1 Å². The second-order valence-corrected chi connectivity index (χ2v) is 5.31. The SMILES string of the molecule is CC(C)CCNC(=O)CN(CCO)C1CCC1. The predicted octanol–water partition coefficient (Wildman–Crippen LogP) is 0.995. The second-order valence-electron chi connectivity index (χ2n) is 5.31. The number of aliphatic hydroxyl groups excluding tert-OH is 1. The van der Waals surface area contributed by atoms with Gasteiger partial charge in [-0.15, -0.1) is 0 Å². The molecule has 0 aromatic rings. The average molecular weight is 242 g/mol. The summed E-state index contributed by atoms with van der Waals surface area (Å²) in [7, 11) is 0. The summed E-state index contributed by atoms with van der Waals surface area (Å²) in [4.78, 5) is 13.8. The molecule has 0 bridgehead atoms. The number of amides is 1. The van der Waals surface area contributed by atoms with Gasteiger partial charge < -0.3 is 10.4 Å². The van der Waals surface area contributed by atoms with Crippen LogP contribution < -0.4 is 5.32 Å². The number of carbonyl (C=O) groups is 1. The lowest BCUT2D eigenvalue weighted by Crippen LogP contribution is -2.47. The molecule has 0 saturated heterocycles. The largest absolute Gasteiger partial charge is 0.395 e. The summed E-state index contributed by atoms with van der Waals surface area (Å²) in [6.07, 6.45) is 4.61. The summed E-state index contributed by atoms with van der Waals surface area (Å²) >= 11 is 0. The molecule has 0 atom stereocenters. The number of nitrogens with zero attached hydrogens (tertiary/aromatic N) is 1. The fourth-order valence-electron chi connectivity index (χ4n) is 2.01. The van der Waals surface area contributed by atoms with Gasteiger partial charge in [0.1, 0.15) is 0 Å². The zero-order chi connectivity index (χ0) is 12.7. The Balaban J connectivity index is 2.21. The highest BCUT2D eigenvalue weighted by atomic mass is 16.3. The molecular weight excluding hydrogens is 216 g/mol. The molecule has 1 fully saturated rings. The first kappa shape index (κ1) is 14.5. The zero-order valence-electron chi connectivity index (χ0n) is 11.1. The summed E-state index contributed by atoms with van der Waals surface area (Å²) < 4.78 is 0. The van der Waals surface area contributed by atoms with Crippen LogP contribution in [0.4, 0.5) is 0 Å². The number of hydrogen-bond donors (Lipinski definition) is 2. The van der Waals surface area contributed by atoms with Crippen molar-refractivity contribution in [2.75, 3.05) is 26.2 Å². The Kier molecular flexibility index (Phi) is 6.52. The minimum atomic E-state index is 0.0889. The Morgan fingerprint density at radius 2 is 2.18 bits per heavy atom. The molecule has 1 amide bonds. The Bertz CT molecular complexity index is 227. The third-order valence-electron chi connectivity index (χ3n) is 3.37. The maximum atomic E-state index is 11.7. The van der Waals surface area contributed by atoms with Crippen LogP contribution in [-0.4, -0.2) is 48.2 Å². The molecule has 4 nitrogen and oxygen atoms in total. The first-order valence-corrected chi connectivity index (χ1v) is 6.75. The standard InChI is InChI=1S/C13H26N2O2/c1-11(2)6-7-14-13(17)10-15(8-9-16)12-4-3-5-12/h11-12,16H,3-10H2,1-2H3,(H,14,17). The van der Waals surface area contributed by atoms with E-state index < -0.39 is 0 Å². The lowest BCUT2D eigenvalue weighted by molar-refractivity contribution is -0.123. The van der Waals surface area contributed by atoms with Gasteiger partial charge in [0.25, 0.3) is 0 Å². The van der Waals surface area contributed by atoms with Crippen LogP contribution in [0.25, 0.3) is 0 Å². The lowest BCUT2D eigenvalue weighted by Gasteiger charge is -2.36. The molecule has 2 N–H and O–H groups in total. The van der Waals surface area contributed by atoms with E-state index in [0.717, 1.165) is 13.0 Å². The molecule has 1 rings (SSSR count). The van der Waals surface area contributed by atoms with Crippen molar-refractivity contribution >= 4 is 5.91 Å². The van der Waals surface area contributed by atoms with E-state index in [1.165, 1.54) is 19.3 Å². The quantitative estimate of drug-likeness (QED) is 0.667. The number of carbonyl (C=O) groups excluding carboxylic acids is 1. The lowest BCUT2D eigenvalue weighted by atomic mass is 9.91. The van der Waals surface area contributed by atoms with E-state index in [4.69, 9.17) is 5.11 Å². The molecule has 100 valence electrons. The van der Waals surface area contributed by atoms with Crippen LogP contribution in [0.1, 0.15) is 39.5 Å². The molecule has 0 heterocycles. The Labute approximate surface area is 104 Å². The zero-order valence-corrected chi connectivity index (χ0v) is 11.1. The van der Waals surface area contributed by atoms with Gasteiger partial charge in [-0.3, -0.25) is 9.69 Å². The molecule has 1 saturated carbocycles. The minimum absolute atomic E-state index is 0.0889. The number of hydrogen-bond acceptors (Lipinski definition) is 3. The molecule has 1 aliphatic carbocycles. The number of rotatable bonds is 8. The van der Waals surface area contributed by atoms with Crippen LogP contribution in [-0.2, 0) is 4.79 Å². The van der Waals surface area contributed by atoms with Gasteiger partial charge in [0.05, 0.1) is 13.2 Å². The Hall–Kier alpha value is -0.610. The summed E-state index contributed by atoms with van der Waals surface area (Å²) in [6, 6.07) is 0.512. The van der Waals surface area contributed by atoms with Gasteiger partial charge in [-0.1, -0.05) is 20.3 Å². The van der Waals surface area contributed by atoms with Gasteiger partial charge in [0, 0.05) is 19.1 Å². The van der Waals surface area contributed by atoms with Crippen LogP contribution >= 0.6 is 0 Å². The minimum Gasteiger partial charge on any atom is -0.395 e. The van der Waals surface area contributed by atoms with Gasteiger partial charge in [-0.2, -0.15) is 0 Å². The van der Waals surface area contributed by atoms with Gasteiger partial charge in [-0.25, -0.2) is 0 Å². The fraction of sp³-hybridized carbons (Fsp3) is 0.923. The molecule has 4 heteroatoms. The van der Waals surface area contributed by atoms with Gasteiger partial charge in [0.15, 0.2) is 0 Å². The molecular formula is C13H26N2O2. The van der Waals surface area contributed by atoms with Gasteiger partial charge in [0.2, 0.25) is 5.91 Å². The van der Waals surface area contributed by atoms with Crippen molar-refractivity contribution in [3.63, 3.8) is 0 Å². The van der Waals surface area contributed by atoms with Gasteiger partial charge in [-0.05, 0) is 25.2 Å². The van der Waals surface area contributed by atoms with Crippen molar-refractivity contribution in [1.82, 2.24) is 10.2 Å². The Morgan fingerprint density at radius 3 is 2.65 bits per heavy atom. The smallest absolute Gasteiger partial charge is 0.234 e. The van der Waals surface area contributed by atoms with Crippen LogP contribution in [0.2, 0.25) is 0 Å². The molecule has 0 aliphatic heterocycles. The Morgan fingerprint density at radius 1 is 1.47 bits per heavy atom. The molecule has 0 unspecified atom stereocenters.